The first-order valence-corrected chi connectivity index (χ1v) is 8.52. The number of hydrogen-bond acceptors (Lipinski definition) is 3. The number of aromatic hydroxyl groups is 1. The Balaban J connectivity index is 3.24. The van der Waals surface area contributed by atoms with E-state index in [9.17, 15) is 9.90 Å². The molecule has 0 saturated carbocycles. The molecule has 0 heterocycles. The number of benzene rings is 1. The molecule has 0 unspecified atom stereocenters. The van der Waals surface area contributed by atoms with Crippen LogP contribution in [-0.4, -0.2) is 16.6 Å². The van der Waals surface area contributed by atoms with Crippen LogP contribution in [0.25, 0.3) is 0 Å². The second-order valence-electron chi connectivity index (χ2n) is 7.73. The molecule has 0 aliphatic rings. The third-order valence-corrected chi connectivity index (χ3v) is 4.51. The van der Waals surface area contributed by atoms with Crippen molar-refractivity contribution < 1.29 is 9.90 Å². The number of phenols is 1. The predicted molar refractivity (Wildman–Crippen MR) is 92.3 cm³/mol. The molecule has 0 amide bonds. The summed E-state index contributed by atoms with van der Waals surface area (Å²) < 4.78 is 0. The molecule has 0 atom stereocenters. The van der Waals surface area contributed by atoms with Crippen LogP contribution in [0.1, 0.15) is 65.2 Å². The number of hydrogen-bond donors (Lipinski definition) is 1. The lowest BCUT2D eigenvalue weighted by Gasteiger charge is -2.28. The van der Waals surface area contributed by atoms with Gasteiger partial charge in [0.05, 0.1) is 5.75 Å². The Hall–Kier alpha value is -0.960. The van der Waals surface area contributed by atoms with Crippen LogP contribution in [0, 0.1) is 0 Å². The van der Waals surface area contributed by atoms with Gasteiger partial charge in [0, 0.05) is 5.75 Å². The second kappa shape index (κ2) is 6.43. The molecule has 3 heteroatoms. The van der Waals surface area contributed by atoms with E-state index in [4.69, 9.17) is 0 Å². The molecule has 1 aromatic rings. The highest BCUT2D eigenvalue weighted by molar-refractivity contribution is 7.99. The van der Waals surface area contributed by atoms with Crippen molar-refractivity contribution >= 4 is 17.5 Å². The minimum Gasteiger partial charge on any atom is -0.507 e. The molecule has 1 aromatic carbocycles. The SMILES string of the molecule is CC(=O)CSCc1cc(C(C)(C)C)c(O)c(C(C)(C)C)c1. The lowest BCUT2D eigenvalue weighted by atomic mass is 9.78. The molecule has 21 heavy (non-hydrogen) atoms. The van der Waals surface area contributed by atoms with Crippen molar-refractivity contribution in [2.75, 3.05) is 5.75 Å². The van der Waals surface area contributed by atoms with Gasteiger partial charge in [-0.25, -0.2) is 0 Å². The smallest absolute Gasteiger partial charge is 0.139 e. The van der Waals surface area contributed by atoms with Crippen molar-refractivity contribution in [2.24, 2.45) is 0 Å². The van der Waals surface area contributed by atoms with E-state index in [2.05, 4.69) is 53.7 Å². The van der Waals surface area contributed by atoms with Gasteiger partial charge in [0.15, 0.2) is 0 Å². The maximum Gasteiger partial charge on any atom is 0.139 e. The Labute approximate surface area is 133 Å². The van der Waals surface area contributed by atoms with Gasteiger partial charge in [0.25, 0.3) is 0 Å². The van der Waals surface area contributed by atoms with Gasteiger partial charge < -0.3 is 5.11 Å². The summed E-state index contributed by atoms with van der Waals surface area (Å²) in [5.41, 5.74) is 2.92. The van der Waals surface area contributed by atoms with Crippen molar-refractivity contribution in [1.82, 2.24) is 0 Å². The summed E-state index contributed by atoms with van der Waals surface area (Å²) in [6, 6.07) is 4.16. The quantitative estimate of drug-likeness (QED) is 0.867. The Kier molecular flexibility index (Phi) is 5.54. The standard InChI is InChI=1S/C18H28O2S/c1-12(19)10-21-11-13-8-14(17(2,3)4)16(20)15(9-13)18(5,6)7/h8-9,20H,10-11H2,1-7H3. The topological polar surface area (TPSA) is 37.3 Å². The maximum atomic E-state index is 11.1. The number of ketones is 1. The van der Waals surface area contributed by atoms with Crippen molar-refractivity contribution in [3.8, 4) is 5.75 Å². The molecular weight excluding hydrogens is 280 g/mol. The Morgan fingerprint density at radius 1 is 1.05 bits per heavy atom. The third-order valence-electron chi connectivity index (χ3n) is 3.36. The Morgan fingerprint density at radius 2 is 1.48 bits per heavy atom. The van der Waals surface area contributed by atoms with Crippen LogP contribution in [0.15, 0.2) is 12.1 Å². The fraction of sp³-hybridized carbons (Fsp3) is 0.611. The number of rotatable bonds is 4. The summed E-state index contributed by atoms with van der Waals surface area (Å²) in [6.45, 7) is 14.3. The zero-order valence-electron chi connectivity index (χ0n) is 14.3. The lowest BCUT2D eigenvalue weighted by molar-refractivity contribution is -0.114. The number of carbonyl (C=O) groups is 1. The second-order valence-corrected chi connectivity index (χ2v) is 8.72. The highest BCUT2D eigenvalue weighted by Gasteiger charge is 2.26. The van der Waals surface area contributed by atoms with E-state index in [-0.39, 0.29) is 16.6 Å². The van der Waals surface area contributed by atoms with E-state index in [1.54, 1.807) is 18.7 Å². The van der Waals surface area contributed by atoms with E-state index in [0.29, 0.717) is 11.5 Å². The minimum atomic E-state index is -0.106. The fourth-order valence-corrected chi connectivity index (χ4v) is 3.03. The van der Waals surface area contributed by atoms with Gasteiger partial charge in [-0.05, 0) is 34.4 Å². The summed E-state index contributed by atoms with van der Waals surface area (Å²) in [5.74, 6) is 1.95. The molecule has 0 radical (unpaired) electrons. The summed E-state index contributed by atoms with van der Waals surface area (Å²) in [5, 5.41) is 10.6. The number of carbonyl (C=O) groups excluding carboxylic acids is 1. The molecule has 0 saturated heterocycles. The summed E-state index contributed by atoms with van der Waals surface area (Å²) in [4.78, 5) is 11.1. The molecule has 1 rings (SSSR count). The fourth-order valence-electron chi connectivity index (χ4n) is 2.23. The maximum absolute atomic E-state index is 11.1. The largest absolute Gasteiger partial charge is 0.507 e. The van der Waals surface area contributed by atoms with Gasteiger partial charge in [-0.2, -0.15) is 0 Å². The van der Waals surface area contributed by atoms with Crippen LogP contribution in [0.4, 0.5) is 0 Å². The highest BCUT2D eigenvalue weighted by Crippen LogP contribution is 2.40. The van der Waals surface area contributed by atoms with E-state index in [0.717, 1.165) is 16.9 Å². The van der Waals surface area contributed by atoms with Crippen molar-refractivity contribution in [2.45, 2.75) is 65.0 Å². The van der Waals surface area contributed by atoms with Gasteiger partial charge in [-0.15, -0.1) is 11.8 Å². The van der Waals surface area contributed by atoms with Gasteiger partial charge in [-0.1, -0.05) is 53.7 Å². The summed E-state index contributed by atoms with van der Waals surface area (Å²) in [7, 11) is 0. The van der Waals surface area contributed by atoms with Crippen molar-refractivity contribution in [3.05, 3.63) is 28.8 Å². The average molecular weight is 308 g/mol. The number of phenolic OH excluding ortho intramolecular Hbond substituents is 1. The Morgan fingerprint density at radius 3 is 1.81 bits per heavy atom. The monoisotopic (exact) mass is 308 g/mol. The molecule has 0 aromatic heterocycles. The third kappa shape index (κ3) is 5.06. The molecule has 1 N–H and O–H groups in total. The van der Waals surface area contributed by atoms with Crippen LogP contribution in [-0.2, 0) is 21.4 Å². The minimum absolute atomic E-state index is 0.106. The van der Waals surface area contributed by atoms with E-state index in [1.165, 1.54) is 5.56 Å². The predicted octanol–water partition coefficient (Wildman–Crippen LogP) is 4.81. The molecule has 118 valence electrons. The van der Waals surface area contributed by atoms with Crippen LogP contribution in [0.3, 0.4) is 0 Å². The number of Topliss-reactive ketones (excluding diaryl/α,β-unsaturated/α-hetero) is 1. The molecule has 0 aliphatic heterocycles. The van der Waals surface area contributed by atoms with Gasteiger partial charge in [0.1, 0.15) is 11.5 Å². The molecular formula is C18H28O2S. The molecule has 0 bridgehead atoms. The van der Waals surface area contributed by atoms with Crippen LogP contribution in [0.2, 0.25) is 0 Å². The first-order chi connectivity index (χ1) is 9.43. The molecule has 0 spiro atoms. The lowest BCUT2D eigenvalue weighted by Crippen LogP contribution is -2.17. The first-order valence-electron chi connectivity index (χ1n) is 7.37. The van der Waals surface area contributed by atoms with E-state index in [1.807, 2.05) is 0 Å². The summed E-state index contributed by atoms with van der Waals surface area (Å²) in [6.07, 6.45) is 0. The van der Waals surface area contributed by atoms with Gasteiger partial charge >= 0.3 is 0 Å². The Bertz CT molecular complexity index is 484. The van der Waals surface area contributed by atoms with Gasteiger partial charge in [-0.3, -0.25) is 4.79 Å². The van der Waals surface area contributed by atoms with Crippen molar-refractivity contribution in [1.29, 1.82) is 0 Å². The molecule has 0 aliphatic carbocycles. The van der Waals surface area contributed by atoms with Crippen LogP contribution in [0.5, 0.6) is 5.75 Å². The summed E-state index contributed by atoms with van der Waals surface area (Å²) >= 11 is 1.63. The molecule has 2 nitrogen and oxygen atoms in total. The van der Waals surface area contributed by atoms with Gasteiger partial charge in [0.2, 0.25) is 0 Å². The zero-order valence-corrected chi connectivity index (χ0v) is 15.1. The molecule has 0 fully saturated rings. The van der Waals surface area contributed by atoms with Crippen molar-refractivity contribution in [3.63, 3.8) is 0 Å². The van der Waals surface area contributed by atoms with E-state index >= 15 is 0 Å². The highest BCUT2D eigenvalue weighted by atomic mass is 32.2. The van der Waals surface area contributed by atoms with Crippen LogP contribution < -0.4 is 0 Å². The number of thioether (sulfide) groups is 1. The normalized spacial score (nSPS) is 12.5. The zero-order chi connectivity index (χ0) is 16.4. The first kappa shape index (κ1) is 18.1. The van der Waals surface area contributed by atoms with Crippen LogP contribution >= 0.6 is 11.8 Å². The van der Waals surface area contributed by atoms with E-state index < -0.39 is 0 Å². The average Bonchev–Trinajstić information content (AvgIpc) is 2.27.